The minimum atomic E-state index is -0.170. The van der Waals surface area contributed by atoms with Crippen molar-refractivity contribution in [1.82, 2.24) is 5.43 Å². The molecule has 1 aromatic carbocycles. The summed E-state index contributed by atoms with van der Waals surface area (Å²) >= 11 is 0. The lowest BCUT2D eigenvalue weighted by molar-refractivity contribution is -0.0761. The van der Waals surface area contributed by atoms with Crippen LogP contribution in [0.5, 0.6) is 0 Å². The van der Waals surface area contributed by atoms with Gasteiger partial charge in [0.25, 0.3) is 0 Å². The van der Waals surface area contributed by atoms with Gasteiger partial charge in [0.2, 0.25) is 0 Å². The maximum absolute atomic E-state index is 5.92. The lowest BCUT2D eigenvalue weighted by atomic mass is 9.73. The van der Waals surface area contributed by atoms with Gasteiger partial charge in [0.15, 0.2) is 0 Å². The summed E-state index contributed by atoms with van der Waals surface area (Å²) in [5.41, 5.74) is 5.30. The van der Waals surface area contributed by atoms with Crippen LogP contribution in [0.4, 0.5) is 0 Å². The Hall–Kier alpha value is -0.900. The van der Waals surface area contributed by atoms with Gasteiger partial charge in [-0.1, -0.05) is 36.8 Å². The van der Waals surface area contributed by atoms with Gasteiger partial charge in [0.1, 0.15) is 0 Å². The van der Waals surface area contributed by atoms with Crippen LogP contribution in [-0.4, -0.2) is 12.7 Å². The van der Waals surface area contributed by atoms with Crippen molar-refractivity contribution in [3.8, 4) is 0 Å². The first-order valence-corrected chi connectivity index (χ1v) is 7.19. The molecule has 0 amide bonds. The van der Waals surface area contributed by atoms with Gasteiger partial charge in [-0.15, -0.1) is 0 Å². The van der Waals surface area contributed by atoms with Gasteiger partial charge >= 0.3 is 0 Å². The zero-order valence-corrected chi connectivity index (χ0v) is 12.3. The third-order valence-electron chi connectivity index (χ3n) is 4.63. The van der Waals surface area contributed by atoms with E-state index in [0.29, 0.717) is 0 Å². The van der Waals surface area contributed by atoms with Gasteiger partial charge in [-0.05, 0) is 44.1 Å². The van der Waals surface area contributed by atoms with Gasteiger partial charge in [0, 0.05) is 7.11 Å². The predicted octanol–water partition coefficient (Wildman–Crippen LogP) is 3.09. The van der Waals surface area contributed by atoms with E-state index >= 15 is 0 Å². The lowest BCUT2D eigenvalue weighted by Crippen LogP contribution is -2.49. The lowest BCUT2D eigenvalue weighted by Gasteiger charge is -2.44. The Balaban J connectivity index is 2.25. The molecule has 0 bridgehead atoms. The summed E-state index contributed by atoms with van der Waals surface area (Å²) in [6, 6.07) is 8.63. The number of methoxy groups -OCH3 is 1. The second kappa shape index (κ2) is 6.04. The van der Waals surface area contributed by atoms with Gasteiger partial charge < -0.3 is 4.74 Å². The van der Waals surface area contributed by atoms with E-state index in [9.17, 15) is 0 Å². The Morgan fingerprint density at radius 2 is 1.84 bits per heavy atom. The van der Waals surface area contributed by atoms with Crippen LogP contribution in [-0.2, 0) is 4.74 Å². The highest BCUT2D eigenvalue weighted by Gasteiger charge is 2.41. The van der Waals surface area contributed by atoms with E-state index < -0.39 is 0 Å². The molecular formula is C16H26N2O. The fourth-order valence-corrected chi connectivity index (χ4v) is 3.17. The van der Waals surface area contributed by atoms with Crippen molar-refractivity contribution in [2.75, 3.05) is 7.11 Å². The minimum Gasteiger partial charge on any atom is -0.376 e. The average molecular weight is 262 g/mol. The zero-order valence-electron chi connectivity index (χ0n) is 12.3. The number of rotatable bonds is 4. The molecule has 1 saturated carbocycles. The third-order valence-corrected chi connectivity index (χ3v) is 4.63. The van der Waals surface area contributed by atoms with Crippen molar-refractivity contribution in [2.45, 2.75) is 51.2 Å². The van der Waals surface area contributed by atoms with Gasteiger partial charge in [-0.25, -0.2) is 0 Å². The molecule has 1 unspecified atom stereocenters. The predicted molar refractivity (Wildman–Crippen MR) is 78.6 cm³/mol. The van der Waals surface area contributed by atoms with Crippen LogP contribution < -0.4 is 11.3 Å². The SMILES string of the molecule is COC1(C(NN)c2ccc(C)cc2)CCC(C)CC1. The number of hydrogen-bond donors (Lipinski definition) is 2. The molecule has 0 aliphatic heterocycles. The van der Waals surface area contributed by atoms with Crippen molar-refractivity contribution in [1.29, 1.82) is 0 Å². The topological polar surface area (TPSA) is 47.3 Å². The van der Waals surface area contributed by atoms with Crippen LogP contribution in [0.2, 0.25) is 0 Å². The summed E-state index contributed by atoms with van der Waals surface area (Å²) in [5.74, 6) is 6.63. The largest absolute Gasteiger partial charge is 0.376 e. The van der Waals surface area contributed by atoms with Crippen LogP contribution in [0, 0.1) is 12.8 Å². The second-order valence-electron chi connectivity index (χ2n) is 5.96. The summed E-state index contributed by atoms with van der Waals surface area (Å²) in [7, 11) is 1.81. The highest BCUT2D eigenvalue weighted by atomic mass is 16.5. The van der Waals surface area contributed by atoms with Gasteiger partial charge in [-0.2, -0.15) is 0 Å². The fraction of sp³-hybridized carbons (Fsp3) is 0.625. The van der Waals surface area contributed by atoms with E-state index in [-0.39, 0.29) is 11.6 Å². The normalized spacial score (nSPS) is 29.2. The number of ether oxygens (including phenoxy) is 1. The van der Waals surface area contributed by atoms with E-state index in [1.165, 1.54) is 24.0 Å². The summed E-state index contributed by atoms with van der Waals surface area (Å²) in [4.78, 5) is 0. The fourth-order valence-electron chi connectivity index (χ4n) is 3.17. The maximum atomic E-state index is 5.92. The van der Waals surface area contributed by atoms with Crippen LogP contribution in [0.3, 0.4) is 0 Å². The summed E-state index contributed by atoms with van der Waals surface area (Å²) in [6.45, 7) is 4.42. The molecular weight excluding hydrogens is 236 g/mol. The number of nitrogens with one attached hydrogen (secondary N) is 1. The first-order chi connectivity index (χ1) is 9.11. The molecule has 0 spiro atoms. The molecule has 0 saturated heterocycles. The van der Waals surface area contributed by atoms with Gasteiger partial charge in [0.05, 0.1) is 11.6 Å². The molecule has 3 N–H and O–H groups in total. The highest BCUT2D eigenvalue weighted by Crippen LogP contribution is 2.42. The maximum Gasteiger partial charge on any atom is 0.0885 e. The second-order valence-corrected chi connectivity index (χ2v) is 5.96. The first kappa shape index (κ1) is 14.5. The molecule has 0 radical (unpaired) electrons. The highest BCUT2D eigenvalue weighted by molar-refractivity contribution is 5.26. The monoisotopic (exact) mass is 262 g/mol. The molecule has 0 aromatic heterocycles. The molecule has 1 fully saturated rings. The quantitative estimate of drug-likeness (QED) is 0.647. The van der Waals surface area contributed by atoms with Crippen molar-refractivity contribution in [2.24, 2.45) is 11.8 Å². The van der Waals surface area contributed by atoms with E-state index in [1.807, 2.05) is 7.11 Å². The van der Waals surface area contributed by atoms with Crippen LogP contribution in [0.1, 0.15) is 49.8 Å². The summed E-state index contributed by atoms with van der Waals surface area (Å²) < 4.78 is 5.92. The molecule has 3 nitrogen and oxygen atoms in total. The molecule has 3 heteroatoms. The molecule has 106 valence electrons. The number of hydrogen-bond acceptors (Lipinski definition) is 3. The first-order valence-electron chi connectivity index (χ1n) is 7.19. The number of benzene rings is 1. The Kier molecular flexibility index (Phi) is 4.61. The molecule has 19 heavy (non-hydrogen) atoms. The van der Waals surface area contributed by atoms with E-state index in [2.05, 4.69) is 43.5 Å². The molecule has 1 aliphatic carbocycles. The van der Waals surface area contributed by atoms with Crippen LogP contribution in [0.15, 0.2) is 24.3 Å². The number of nitrogens with two attached hydrogens (primary N) is 1. The van der Waals surface area contributed by atoms with Crippen LogP contribution >= 0.6 is 0 Å². The van der Waals surface area contributed by atoms with E-state index in [1.54, 1.807) is 0 Å². The molecule has 1 atom stereocenters. The van der Waals surface area contributed by atoms with Crippen molar-refractivity contribution in [3.63, 3.8) is 0 Å². The third kappa shape index (κ3) is 2.99. The number of aryl methyl sites for hydroxylation is 1. The molecule has 1 aromatic rings. The Labute approximate surface area is 116 Å². The molecule has 2 rings (SSSR count). The van der Waals surface area contributed by atoms with Crippen molar-refractivity contribution < 1.29 is 4.74 Å². The Morgan fingerprint density at radius 1 is 1.26 bits per heavy atom. The Bertz CT molecular complexity index is 394. The van der Waals surface area contributed by atoms with Crippen LogP contribution in [0.25, 0.3) is 0 Å². The molecule has 1 aliphatic rings. The minimum absolute atomic E-state index is 0.0607. The average Bonchev–Trinajstić information content (AvgIpc) is 2.44. The summed E-state index contributed by atoms with van der Waals surface area (Å²) in [5, 5.41) is 0. The number of hydrazine groups is 1. The van der Waals surface area contributed by atoms with Crippen molar-refractivity contribution in [3.05, 3.63) is 35.4 Å². The Morgan fingerprint density at radius 3 is 2.32 bits per heavy atom. The summed E-state index contributed by atoms with van der Waals surface area (Å²) in [6.07, 6.45) is 4.54. The van der Waals surface area contributed by atoms with E-state index in [0.717, 1.165) is 18.8 Å². The van der Waals surface area contributed by atoms with E-state index in [4.69, 9.17) is 10.6 Å². The standard InChI is InChI=1S/C16H26N2O/c1-12-4-6-14(7-5-12)15(18-17)16(19-3)10-8-13(2)9-11-16/h4-7,13,15,18H,8-11,17H2,1-3H3. The zero-order chi connectivity index (χ0) is 13.9. The van der Waals surface area contributed by atoms with Gasteiger partial charge in [-0.3, -0.25) is 11.3 Å². The van der Waals surface area contributed by atoms with Crippen molar-refractivity contribution >= 4 is 0 Å². The smallest absolute Gasteiger partial charge is 0.0885 e. The molecule has 0 heterocycles.